The molecule has 2 N–H and O–H groups in total. The third-order valence-electron chi connectivity index (χ3n) is 3.98. The zero-order valence-corrected chi connectivity index (χ0v) is 11.9. The number of nitrogens with zero attached hydrogens (tertiary/aromatic N) is 3. The second kappa shape index (κ2) is 4.60. The van der Waals surface area contributed by atoms with Gasteiger partial charge in [0.2, 0.25) is 5.78 Å². The van der Waals surface area contributed by atoms with Crippen molar-refractivity contribution in [2.45, 2.75) is 6.54 Å². The highest BCUT2D eigenvalue weighted by Crippen LogP contribution is 2.27. The number of ketones is 1. The van der Waals surface area contributed by atoms with E-state index in [0.29, 0.717) is 34.3 Å². The fourth-order valence-electron chi connectivity index (χ4n) is 2.84. The second-order valence-corrected chi connectivity index (χ2v) is 5.30. The van der Waals surface area contributed by atoms with E-state index < -0.39 is 0 Å². The first-order valence-corrected chi connectivity index (χ1v) is 6.99. The lowest BCUT2D eigenvalue weighted by molar-refractivity contribution is 0.103. The highest BCUT2D eigenvalue weighted by molar-refractivity contribution is 6.13. The van der Waals surface area contributed by atoms with Crippen molar-refractivity contribution in [2.75, 3.05) is 0 Å². The molecule has 0 atom stereocenters. The average Bonchev–Trinajstić information content (AvgIpc) is 2.87. The first-order valence-electron chi connectivity index (χ1n) is 6.99. The van der Waals surface area contributed by atoms with E-state index in [-0.39, 0.29) is 17.2 Å². The van der Waals surface area contributed by atoms with Crippen molar-refractivity contribution in [1.29, 1.82) is 5.26 Å². The van der Waals surface area contributed by atoms with Gasteiger partial charge in [0.05, 0.1) is 33.8 Å². The maximum atomic E-state index is 12.8. The number of carbonyl (C=O) groups excluding carboxylic acids is 1. The number of hydrogen-bond acceptors (Lipinski definition) is 5. The predicted molar refractivity (Wildman–Crippen MR) is 83.4 cm³/mol. The van der Waals surface area contributed by atoms with E-state index in [0.717, 1.165) is 5.56 Å². The Hall–Kier alpha value is -3.30. The first kappa shape index (κ1) is 13.4. The molecule has 1 aliphatic rings. The average molecular weight is 302 g/mol. The smallest absolute Gasteiger partial charge is 0.266 e. The molecule has 3 aromatic rings. The highest BCUT2D eigenvalue weighted by atomic mass is 16.1. The van der Waals surface area contributed by atoms with Crippen LogP contribution in [0.1, 0.15) is 27.3 Å². The Balaban J connectivity index is 2.10. The maximum absolute atomic E-state index is 12.8. The molecule has 0 bridgehead atoms. The van der Waals surface area contributed by atoms with Crippen LogP contribution >= 0.6 is 0 Å². The molecule has 0 amide bonds. The molecule has 23 heavy (non-hydrogen) atoms. The second-order valence-electron chi connectivity index (χ2n) is 5.30. The first-order chi connectivity index (χ1) is 11.1. The van der Waals surface area contributed by atoms with Crippen molar-refractivity contribution in [1.82, 2.24) is 9.55 Å². The van der Waals surface area contributed by atoms with Crippen LogP contribution in [-0.2, 0) is 6.54 Å². The molecule has 0 radical (unpaired) electrons. The molecule has 0 saturated carbocycles. The normalized spacial score (nSPS) is 12.1. The van der Waals surface area contributed by atoms with Gasteiger partial charge < -0.3 is 5.73 Å². The van der Waals surface area contributed by atoms with Crippen LogP contribution in [0.25, 0.3) is 16.6 Å². The lowest BCUT2D eigenvalue weighted by atomic mass is 10.1. The van der Waals surface area contributed by atoms with E-state index in [4.69, 9.17) is 11.0 Å². The van der Waals surface area contributed by atoms with E-state index >= 15 is 0 Å². The number of nitriles is 1. The summed E-state index contributed by atoms with van der Waals surface area (Å²) in [6, 6.07) is 11.8. The molecule has 1 aromatic heterocycles. The van der Waals surface area contributed by atoms with E-state index in [9.17, 15) is 9.59 Å². The Labute approximate surface area is 130 Å². The number of carbonyl (C=O) groups is 1. The van der Waals surface area contributed by atoms with Crippen molar-refractivity contribution in [3.05, 3.63) is 69.3 Å². The van der Waals surface area contributed by atoms with Gasteiger partial charge in [-0.15, -0.1) is 0 Å². The zero-order chi connectivity index (χ0) is 16.1. The maximum Gasteiger partial charge on any atom is 0.266 e. The van der Waals surface area contributed by atoms with Crippen molar-refractivity contribution < 1.29 is 4.79 Å². The quantitative estimate of drug-likeness (QED) is 0.570. The van der Waals surface area contributed by atoms with Gasteiger partial charge >= 0.3 is 0 Å². The molecule has 2 heterocycles. The summed E-state index contributed by atoms with van der Waals surface area (Å²) in [5, 5.41) is 9.40. The standard InChI is InChI=1S/C17H10N4O2/c18-7-9-1-3-13-11(5-9)17(23)21-14-4-2-10(8-19)6-12(14)15(22)16(21)20-13/h1-6H,7,18H2. The van der Waals surface area contributed by atoms with Gasteiger partial charge in [-0.3, -0.25) is 14.2 Å². The van der Waals surface area contributed by atoms with Crippen LogP contribution in [0.5, 0.6) is 0 Å². The molecule has 110 valence electrons. The van der Waals surface area contributed by atoms with Crippen LogP contribution in [-0.4, -0.2) is 15.3 Å². The van der Waals surface area contributed by atoms with Gasteiger partial charge in [-0.05, 0) is 35.9 Å². The van der Waals surface area contributed by atoms with Crippen molar-refractivity contribution in [2.24, 2.45) is 5.73 Å². The Morgan fingerprint density at radius 1 is 1.17 bits per heavy atom. The van der Waals surface area contributed by atoms with Gasteiger partial charge in [0.15, 0.2) is 5.82 Å². The number of rotatable bonds is 1. The monoisotopic (exact) mass is 302 g/mol. The molecule has 2 aromatic carbocycles. The summed E-state index contributed by atoms with van der Waals surface area (Å²) in [5.74, 6) is -0.271. The fraction of sp³-hybridized carbons (Fsp3) is 0.0588. The summed E-state index contributed by atoms with van der Waals surface area (Å²) < 4.78 is 1.31. The van der Waals surface area contributed by atoms with Gasteiger partial charge in [-0.25, -0.2) is 4.98 Å². The number of benzene rings is 2. The predicted octanol–water partition coefficient (Wildman–Crippen LogP) is 1.26. The van der Waals surface area contributed by atoms with E-state index in [2.05, 4.69) is 4.98 Å². The van der Waals surface area contributed by atoms with Gasteiger partial charge in [0, 0.05) is 6.54 Å². The molecule has 0 aliphatic carbocycles. The Bertz CT molecular complexity index is 1110. The summed E-state index contributed by atoms with van der Waals surface area (Å²) >= 11 is 0. The number of nitrogens with two attached hydrogens (primary N) is 1. The third-order valence-corrected chi connectivity index (χ3v) is 3.98. The molecule has 4 rings (SSSR count). The van der Waals surface area contributed by atoms with Gasteiger partial charge in [-0.1, -0.05) is 6.07 Å². The summed E-state index contributed by atoms with van der Waals surface area (Å²) in [7, 11) is 0. The minimum absolute atomic E-state index is 0.0769. The van der Waals surface area contributed by atoms with Crippen LogP contribution < -0.4 is 11.3 Å². The molecule has 1 aliphatic heterocycles. The Morgan fingerprint density at radius 3 is 2.74 bits per heavy atom. The van der Waals surface area contributed by atoms with Crippen LogP contribution in [0.4, 0.5) is 0 Å². The van der Waals surface area contributed by atoms with Crippen molar-refractivity contribution >= 4 is 16.7 Å². The zero-order valence-electron chi connectivity index (χ0n) is 11.9. The van der Waals surface area contributed by atoms with Gasteiger partial charge in [0.25, 0.3) is 5.56 Å². The van der Waals surface area contributed by atoms with Crippen molar-refractivity contribution in [3.8, 4) is 11.8 Å². The molecule has 6 nitrogen and oxygen atoms in total. The molecule has 0 spiro atoms. The molecule has 0 unspecified atom stereocenters. The molecular formula is C17H10N4O2. The van der Waals surface area contributed by atoms with Crippen LogP contribution in [0.3, 0.4) is 0 Å². The summed E-state index contributed by atoms with van der Waals surface area (Å²) in [6.07, 6.45) is 0. The van der Waals surface area contributed by atoms with E-state index in [1.54, 1.807) is 30.3 Å². The Morgan fingerprint density at radius 2 is 2.00 bits per heavy atom. The van der Waals surface area contributed by atoms with Gasteiger partial charge in [0.1, 0.15) is 0 Å². The molecule has 0 saturated heterocycles. The minimum atomic E-state index is -0.348. The SMILES string of the molecule is N#Cc1ccc2c(c1)C(=O)c1nc3ccc(CN)cc3c(=O)n1-2. The topological polar surface area (TPSA) is 102 Å². The summed E-state index contributed by atoms with van der Waals surface area (Å²) in [4.78, 5) is 29.7. The largest absolute Gasteiger partial charge is 0.326 e. The lowest BCUT2D eigenvalue weighted by Gasteiger charge is -2.06. The Kier molecular flexibility index (Phi) is 2.67. The minimum Gasteiger partial charge on any atom is -0.326 e. The van der Waals surface area contributed by atoms with E-state index in [1.807, 2.05) is 6.07 Å². The number of aromatic nitrogens is 2. The van der Waals surface area contributed by atoms with Crippen molar-refractivity contribution in [3.63, 3.8) is 0 Å². The highest BCUT2D eigenvalue weighted by Gasteiger charge is 2.30. The number of fused-ring (bicyclic) bond motifs is 4. The lowest BCUT2D eigenvalue weighted by Crippen LogP contribution is -2.21. The van der Waals surface area contributed by atoms with Crippen LogP contribution in [0.2, 0.25) is 0 Å². The molecular weight excluding hydrogens is 292 g/mol. The van der Waals surface area contributed by atoms with Crippen LogP contribution in [0, 0.1) is 11.3 Å². The van der Waals surface area contributed by atoms with E-state index in [1.165, 1.54) is 10.6 Å². The molecule has 6 heteroatoms. The molecule has 0 fully saturated rings. The third kappa shape index (κ3) is 1.74. The number of hydrogen-bond donors (Lipinski definition) is 1. The fourth-order valence-corrected chi connectivity index (χ4v) is 2.84. The van der Waals surface area contributed by atoms with Gasteiger partial charge in [-0.2, -0.15) is 5.26 Å². The van der Waals surface area contributed by atoms with Crippen LogP contribution in [0.15, 0.2) is 41.2 Å². The summed E-state index contributed by atoms with van der Waals surface area (Å²) in [5.41, 5.74) is 7.74. The summed E-state index contributed by atoms with van der Waals surface area (Å²) in [6.45, 7) is 0.318.